The number of hydrogen-bond acceptors (Lipinski definition) is 3. The monoisotopic (exact) mass is 287 g/mol. The first-order valence-electron chi connectivity index (χ1n) is 6.37. The molecular formula is C16H14FNO3. The fourth-order valence-corrected chi connectivity index (χ4v) is 1.73. The predicted octanol–water partition coefficient (Wildman–Crippen LogP) is 2.33. The van der Waals surface area contributed by atoms with Gasteiger partial charge < -0.3 is 10.1 Å². The zero-order valence-corrected chi connectivity index (χ0v) is 11.2. The lowest BCUT2D eigenvalue weighted by molar-refractivity contribution is -0.123. The molecule has 2 aromatic rings. The van der Waals surface area contributed by atoms with Crippen LogP contribution in [0.2, 0.25) is 0 Å². The molecule has 2 aromatic carbocycles. The van der Waals surface area contributed by atoms with Gasteiger partial charge in [0.2, 0.25) is 0 Å². The Bertz CT molecular complexity index is 629. The molecule has 0 bridgehead atoms. The lowest BCUT2D eigenvalue weighted by atomic mass is 10.2. The molecule has 1 amide bonds. The van der Waals surface area contributed by atoms with E-state index >= 15 is 0 Å². The lowest BCUT2D eigenvalue weighted by Crippen LogP contribution is -2.28. The molecule has 0 aliphatic heterocycles. The van der Waals surface area contributed by atoms with Gasteiger partial charge in [-0.15, -0.1) is 0 Å². The molecule has 108 valence electrons. The van der Waals surface area contributed by atoms with E-state index in [1.165, 1.54) is 12.1 Å². The van der Waals surface area contributed by atoms with Crippen molar-refractivity contribution < 1.29 is 18.7 Å². The Hall–Kier alpha value is -2.69. The van der Waals surface area contributed by atoms with Gasteiger partial charge in [-0.3, -0.25) is 9.59 Å². The minimum atomic E-state index is -0.530. The Morgan fingerprint density at radius 3 is 2.67 bits per heavy atom. The summed E-state index contributed by atoms with van der Waals surface area (Å²) in [6, 6.07) is 13.0. The summed E-state index contributed by atoms with van der Waals surface area (Å²) in [6.07, 6.45) is 0.486. The summed E-state index contributed by atoms with van der Waals surface area (Å²) in [5, 5.41) is 2.69. The largest absolute Gasteiger partial charge is 0.483 e. The number of hydrogen-bond donors (Lipinski definition) is 1. The molecule has 1 N–H and O–H groups in total. The molecule has 0 atom stereocenters. The van der Waals surface area contributed by atoms with Crippen LogP contribution in [-0.2, 0) is 11.3 Å². The normalized spacial score (nSPS) is 9.95. The summed E-state index contributed by atoms with van der Waals surface area (Å²) in [5.41, 5.74) is 1.05. The first-order chi connectivity index (χ1) is 10.2. The SMILES string of the molecule is O=Cc1cc(F)ccc1OCC(=O)NCc1ccccc1. The number of aldehydes is 1. The molecule has 2 rings (SSSR count). The molecule has 5 heteroatoms. The molecule has 0 saturated heterocycles. The Morgan fingerprint density at radius 1 is 1.19 bits per heavy atom. The van der Waals surface area contributed by atoms with Crippen LogP contribution < -0.4 is 10.1 Å². The van der Waals surface area contributed by atoms with E-state index in [0.717, 1.165) is 11.6 Å². The van der Waals surface area contributed by atoms with E-state index in [9.17, 15) is 14.0 Å². The standard InChI is InChI=1S/C16H14FNO3/c17-14-6-7-15(13(8-14)10-19)21-11-16(20)18-9-12-4-2-1-3-5-12/h1-8,10H,9,11H2,(H,18,20). The summed E-state index contributed by atoms with van der Waals surface area (Å²) in [6.45, 7) is 0.159. The van der Waals surface area contributed by atoms with Gasteiger partial charge in [0, 0.05) is 6.54 Å². The number of rotatable bonds is 6. The topological polar surface area (TPSA) is 55.4 Å². The molecular weight excluding hydrogens is 273 g/mol. The Labute approximate surface area is 121 Å². The summed E-state index contributed by atoms with van der Waals surface area (Å²) in [5.74, 6) is -0.667. The zero-order valence-electron chi connectivity index (χ0n) is 11.2. The fraction of sp³-hybridized carbons (Fsp3) is 0.125. The van der Waals surface area contributed by atoms with Crippen molar-refractivity contribution in [2.45, 2.75) is 6.54 Å². The van der Waals surface area contributed by atoms with Gasteiger partial charge in [0.05, 0.1) is 5.56 Å². The highest BCUT2D eigenvalue weighted by Gasteiger charge is 2.07. The third kappa shape index (κ3) is 4.42. The molecule has 21 heavy (non-hydrogen) atoms. The highest BCUT2D eigenvalue weighted by Crippen LogP contribution is 2.17. The zero-order chi connectivity index (χ0) is 15.1. The molecule has 0 aromatic heterocycles. The van der Waals surface area contributed by atoms with Gasteiger partial charge in [-0.05, 0) is 23.8 Å². The maximum atomic E-state index is 12.9. The van der Waals surface area contributed by atoms with Gasteiger partial charge in [-0.1, -0.05) is 30.3 Å². The summed E-state index contributed by atoms with van der Waals surface area (Å²) in [7, 11) is 0. The van der Waals surface area contributed by atoms with Crippen molar-refractivity contribution in [1.29, 1.82) is 0 Å². The van der Waals surface area contributed by atoms with Crippen molar-refractivity contribution in [1.82, 2.24) is 5.32 Å². The second-order valence-electron chi connectivity index (χ2n) is 4.35. The Kier molecular flexibility index (Phi) is 5.04. The van der Waals surface area contributed by atoms with Crippen molar-refractivity contribution in [3.63, 3.8) is 0 Å². The van der Waals surface area contributed by atoms with Gasteiger partial charge in [-0.2, -0.15) is 0 Å². The third-order valence-electron chi connectivity index (χ3n) is 2.79. The number of amides is 1. The van der Waals surface area contributed by atoms with Gasteiger partial charge >= 0.3 is 0 Å². The quantitative estimate of drug-likeness (QED) is 0.830. The van der Waals surface area contributed by atoms with E-state index in [1.807, 2.05) is 30.3 Å². The van der Waals surface area contributed by atoms with Gasteiger partial charge in [0.25, 0.3) is 5.91 Å². The predicted molar refractivity (Wildman–Crippen MR) is 75.6 cm³/mol. The van der Waals surface area contributed by atoms with Crippen LogP contribution in [0.25, 0.3) is 0 Å². The molecule has 0 fully saturated rings. The van der Waals surface area contributed by atoms with Crippen LogP contribution in [0.4, 0.5) is 4.39 Å². The number of nitrogens with one attached hydrogen (secondary N) is 1. The van der Waals surface area contributed by atoms with E-state index in [1.54, 1.807) is 0 Å². The molecule has 0 aliphatic rings. The number of ether oxygens (including phenoxy) is 1. The van der Waals surface area contributed by atoms with E-state index in [0.29, 0.717) is 12.8 Å². The van der Waals surface area contributed by atoms with Crippen LogP contribution in [-0.4, -0.2) is 18.8 Å². The highest BCUT2D eigenvalue weighted by atomic mass is 19.1. The fourth-order valence-electron chi connectivity index (χ4n) is 1.73. The van der Waals surface area contributed by atoms with Crippen molar-refractivity contribution in [2.24, 2.45) is 0 Å². The van der Waals surface area contributed by atoms with E-state index < -0.39 is 5.82 Å². The first-order valence-corrected chi connectivity index (χ1v) is 6.37. The average molecular weight is 287 g/mol. The third-order valence-corrected chi connectivity index (χ3v) is 2.79. The van der Waals surface area contributed by atoms with Crippen molar-refractivity contribution in [3.8, 4) is 5.75 Å². The Morgan fingerprint density at radius 2 is 1.95 bits per heavy atom. The molecule has 0 spiro atoms. The van der Waals surface area contributed by atoms with E-state index in [4.69, 9.17) is 4.74 Å². The summed E-state index contributed by atoms with van der Waals surface area (Å²) in [4.78, 5) is 22.4. The minimum Gasteiger partial charge on any atom is -0.483 e. The van der Waals surface area contributed by atoms with Crippen LogP contribution in [0, 0.1) is 5.82 Å². The molecule has 0 unspecified atom stereocenters. The van der Waals surface area contributed by atoms with Crippen molar-refractivity contribution >= 4 is 12.2 Å². The minimum absolute atomic E-state index is 0.0749. The first kappa shape index (κ1) is 14.7. The van der Waals surface area contributed by atoms with Crippen LogP contribution >= 0.6 is 0 Å². The lowest BCUT2D eigenvalue weighted by Gasteiger charge is -2.09. The van der Waals surface area contributed by atoms with Crippen molar-refractivity contribution in [2.75, 3.05) is 6.61 Å². The molecule has 4 nitrogen and oxygen atoms in total. The van der Waals surface area contributed by atoms with Crippen LogP contribution in [0.5, 0.6) is 5.75 Å². The van der Waals surface area contributed by atoms with Crippen LogP contribution in [0.15, 0.2) is 48.5 Å². The number of benzene rings is 2. The second-order valence-corrected chi connectivity index (χ2v) is 4.35. The van der Waals surface area contributed by atoms with E-state index in [2.05, 4.69) is 5.32 Å². The van der Waals surface area contributed by atoms with Crippen molar-refractivity contribution in [3.05, 3.63) is 65.5 Å². The summed E-state index contributed by atoms with van der Waals surface area (Å²) >= 11 is 0. The van der Waals surface area contributed by atoms with Crippen LogP contribution in [0.1, 0.15) is 15.9 Å². The maximum Gasteiger partial charge on any atom is 0.258 e. The number of carbonyl (C=O) groups excluding carboxylic acids is 2. The van der Waals surface area contributed by atoms with Gasteiger partial charge in [0.15, 0.2) is 12.9 Å². The maximum absolute atomic E-state index is 12.9. The van der Waals surface area contributed by atoms with Gasteiger partial charge in [0.1, 0.15) is 11.6 Å². The Balaban J connectivity index is 1.85. The average Bonchev–Trinajstić information content (AvgIpc) is 2.52. The molecule has 0 aliphatic carbocycles. The summed E-state index contributed by atoms with van der Waals surface area (Å²) < 4.78 is 18.2. The molecule has 0 saturated carbocycles. The molecule has 0 radical (unpaired) electrons. The van der Waals surface area contributed by atoms with Gasteiger partial charge in [-0.25, -0.2) is 4.39 Å². The van der Waals surface area contributed by atoms with Crippen LogP contribution in [0.3, 0.4) is 0 Å². The smallest absolute Gasteiger partial charge is 0.258 e. The van der Waals surface area contributed by atoms with E-state index in [-0.39, 0.29) is 23.8 Å². The molecule has 0 heterocycles. The second kappa shape index (κ2) is 7.19. The number of carbonyl (C=O) groups is 2. The number of halogens is 1. The highest BCUT2D eigenvalue weighted by molar-refractivity contribution is 5.80.